The van der Waals surface area contributed by atoms with Crippen LogP contribution < -0.4 is 8.38 Å². The lowest BCUT2D eigenvalue weighted by atomic mass is 10.1. The van der Waals surface area contributed by atoms with Gasteiger partial charge < -0.3 is 13.5 Å². The molecule has 0 spiro atoms. The highest BCUT2D eigenvalue weighted by molar-refractivity contribution is 14.1. The van der Waals surface area contributed by atoms with Gasteiger partial charge in [0.2, 0.25) is 0 Å². The van der Waals surface area contributed by atoms with Crippen molar-refractivity contribution in [1.29, 1.82) is 0 Å². The first kappa shape index (κ1) is 17.0. The number of hydrogen-bond acceptors (Lipinski definition) is 3. The molecule has 116 valence electrons. The summed E-state index contributed by atoms with van der Waals surface area (Å²) in [6, 6.07) is 13.1. The van der Waals surface area contributed by atoms with Crippen LogP contribution in [-0.2, 0) is 6.42 Å². The number of phenols is 1. The minimum atomic E-state index is 0.126. The Morgan fingerprint density at radius 1 is 1.32 bits per heavy atom. The third kappa shape index (κ3) is 4.30. The Morgan fingerprint density at radius 3 is 2.59 bits per heavy atom. The third-order valence-electron chi connectivity index (χ3n) is 3.27. The zero-order valence-corrected chi connectivity index (χ0v) is 15.1. The van der Waals surface area contributed by atoms with Crippen LogP contribution >= 0.6 is 34.6 Å². The number of hydrogen-bond donors (Lipinski definition) is 2. The van der Waals surface area contributed by atoms with Gasteiger partial charge in [0, 0.05) is 11.7 Å². The summed E-state index contributed by atoms with van der Waals surface area (Å²) in [4.78, 5) is 0. The zero-order valence-electron chi connectivity index (χ0n) is 12.1. The molecule has 0 aliphatic carbocycles. The average molecular weight is 430 g/mol. The number of halogens is 2. The van der Waals surface area contributed by atoms with Gasteiger partial charge in [0.1, 0.15) is 11.5 Å². The van der Waals surface area contributed by atoms with Crippen molar-refractivity contribution in [2.24, 2.45) is 0 Å². The van der Waals surface area contributed by atoms with Gasteiger partial charge in [-0.25, -0.2) is 0 Å². The molecule has 0 amide bonds. The van der Waals surface area contributed by atoms with Gasteiger partial charge in [-0.2, -0.15) is 0 Å². The fourth-order valence-corrected chi connectivity index (χ4v) is 2.84. The van der Waals surface area contributed by atoms with Gasteiger partial charge in [-0.1, -0.05) is 36.4 Å². The van der Waals surface area contributed by atoms with Crippen molar-refractivity contribution in [3.63, 3.8) is 0 Å². The van der Waals surface area contributed by atoms with Gasteiger partial charge in [-0.05, 0) is 43.2 Å². The van der Waals surface area contributed by atoms with E-state index in [1.807, 2.05) is 47.3 Å². The average Bonchev–Trinajstić information content (AvgIpc) is 2.47. The van der Waals surface area contributed by atoms with Crippen LogP contribution in [0.5, 0.6) is 11.5 Å². The van der Waals surface area contributed by atoms with Crippen molar-refractivity contribution >= 4 is 40.3 Å². The van der Waals surface area contributed by atoms with E-state index in [9.17, 15) is 5.11 Å². The third-order valence-corrected chi connectivity index (χ3v) is 4.09. The topological polar surface area (TPSA) is 41.5 Å². The molecule has 0 saturated carbocycles. The van der Waals surface area contributed by atoms with Crippen LogP contribution in [0.15, 0.2) is 49.0 Å². The van der Waals surface area contributed by atoms with Crippen LogP contribution in [0.4, 0.5) is 0 Å². The zero-order chi connectivity index (χ0) is 16.1. The van der Waals surface area contributed by atoms with E-state index in [-0.39, 0.29) is 11.8 Å². The first-order chi connectivity index (χ1) is 10.5. The summed E-state index contributed by atoms with van der Waals surface area (Å²) in [6.45, 7) is 6.04. The van der Waals surface area contributed by atoms with E-state index in [1.165, 1.54) is 5.56 Å². The Hall–Kier alpha value is -1.40. The van der Waals surface area contributed by atoms with E-state index >= 15 is 0 Å². The summed E-state index contributed by atoms with van der Waals surface area (Å²) >= 11 is 7.98. The van der Waals surface area contributed by atoms with Crippen molar-refractivity contribution in [3.8, 4) is 11.5 Å². The molecule has 2 rings (SSSR count). The molecule has 2 N–H and O–H groups in total. The maximum absolute atomic E-state index is 9.92. The second-order valence-electron chi connectivity index (χ2n) is 5.08. The second-order valence-corrected chi connectivity index (χ2v) is 5.93. The van der Waals surface area contributed by atoms with E-state index in [1.54, 1.807) is 18.2 Å². The van der Waals surface area contributed by atoms with E-state index < -0.39 is 0 Å². The summed E-state index contributed by atoms with van der Waals surface area (Å²) < 4.78 is 5.12. The molecule has 0 radical (unpaired) electrons. The second kappa shape index (κ2) is 7.74. The Labute approximate surface area is 149 Å². The Morgan fingerprint density at radius 2 is 2.00 bits per heavy atom. The normalized spacial score (nSPS) is 11.8. The first-order valence-corrected chi connectivity index (χ1v) is 8.08. The Balaban J connectivity index is 2.02. The van der Waals surface area contributed by atoms with E-state index in [2.05, 4.69) is 18.8 Å². The number of phenolic OH excluding ortho intramolecular Hbond substituents is 1. The van der Waals surface area contributed by atoms with Gasteiger partial charge in [0.05, 0.1) is 10.6 Å². The van der Waals surface area contributed by atoms with Crippen LogP contribution in [0.1, 0.15) is 18.1 Å². The number of nitrogens with one attached hydrogen (secondary N) is 1. The molecule has 22 heavy (non-hydrogen) atoms. The van der Waals surface area contributed by atoms with Gasteiger partial charge in [0.15, 0.2) is 23.0 Å². The fourth-order valence-electron chi connectivity index (χ4n) is 2.26. The molecule has 0 fully saturated rings. The SMILES string of the molecule is C=C(NC(C)Cc1ccc(OI)cc1)c1c(O)cccc1Cl. The fraction of sp³-hybridized carbons (Fsp3) is 0.176. The van der Waals surface area contributed by atoms with Crippen LogP contribution in [0.3, 0.4) is 0 Å². The van der Waals surface area contributed by atoms with Crippen LogP contribution in [0.25, 0.3) is 5.70 Å². The molecule has 0 heterocycles. The molecule has 2 aromatic rings. The summed E-state index contributed by atoms with van der Waals surface area (Å²) in [7, 11) is 0. The van der Waals surface area contributed by atoms with Gasteiger partial charge in [-0.15, -0.1) is 0 Å². The minimum Gasteiger partial charge on any atom is -0.507 e. The van der Waals surface area contributed by atoms with Gasteiger partial charge in [0.25, 0.3) is 0 Å². The van der Waals surface area contributed by atoms with Crippen molar-refractivity contribution < 1.29 is 8.17 Å². The molecule has 2 aromatic carbocycles. The van der Waals surface area contributed by atoms with Crippen LogP contribution in [0.2, 0.25) is 5.02 Å². The van der Waals surface area contributed by atoms with Crippen LogP contribution in [-0.4, -0.2) is 11.1 Å². The van der Waals surface area contributed by atoms with E-state index in [4.69, 9.17) is 14.7 Å². The number of benzene rings is 2. The van der Waals surface area contributed by atoms with Gasteiger partial charge >= 0.3 is 0 Å². The van der Waals surface area contributed by atoms with Gasteiger partial charge in [-0.3, -0.25) is 0 Å². The minimum absolute atomic E-state index is 0.126. The standard InChI is InChI=1S/C17H17ClINO2/c1-11(10-13-6-8-14(22-19)9-7-13)20-12(2)17-15(18)4-3-5-16(17)21/h3-9,11,20-21H,2,10H2,1H3. The summed E-state index contributed by atoms with van der Waals surface area (Å²) in [5.74, 6) is 0.955. The molecule has 1 atom stereocenters. The van der Waals surface area contributed by atoms with Crippen molar-refractivity contribution in [3.05, 3.63) is 65.2 Å². The molecule has 3 nitrogen and oxygen atoms in total. The largest absolute Gasteiger partial charge is 0.507 e. The highest BCUT2D eigenvalue weighted by Gasteiger charge is 2.12. The summed E-state index contributed by atoms with van der Waals surface area (Å²) in [5, 5.41) is 13.7. The Kier molecular flexibility index (Phi) is 5.97. The quantitative estimate of drug-likeness (QED) is 0.637. The molecule has 0 aromatic heterocycles. The smallest absolute Gasteiger partial charge is 0.192 e. The maximum atomic E-state index is 9.92. The molecular weight excluding hydrogens is 413 g/mol. The van der Waals surface area contributed by atoms with Crippen molar-refractivity contribution in [2.75, 3.05) is 0 Å². The molecule has 0 aliphatic rings. The lowest BCUT2D eigenvalue weighted by Crippen LogP contribution is -2.26. The monoisotopic (exact) mass is 429 g/mol. The highest BCUT2D eigenvalue weighted by atomic mass is 127. The number of aromatic hydroxyl groups is 1. The lowest BCUT2D eigenvalue weighted by Gasteiger charge is -2.19. The van der Waals surface area contributed by atoms with Crippen molar-refractivity contribution in [2.45, 2.75) is 19.4 Å². The predicted molar refractivity (Wildman–Crippen MR) is 99.5 cm³/mol. The molecule has 0 aliphatic heterocycles. The first-order valence-electron chi connectivity index (χ1n) is 6.82. The number of rotatable bonds is 6. The van der Waals surface area contributed by atoms with Crippen LogP contribution in [0, 0.1) is 0 Å². The molecule has 0 saturated heterocycles. The molecule has 1 unspecified atom stereocenters. The lowest BCUT2D eigenvalue weighted by molar-refractivity contribution is 0.472. The maximum Gasteiger partial charge on any atom is 0.192 e. The predicted octanol–water partition coefficient (Wildman–Crippen LogP) is 4.97. The summed E-state index contributed by atoms with van der Waals surface area (Å²) in [5.41, 5.74) is 2.35. The molecular formula is C17H17ClINO2. The Bertz CT molecular complexity index is 638. The summed E-state index contributed by atoms with van der Waals surface area (Å²) in [6.07, 6.45) is 0.825. The van der Waals surface area contributed by atoms with E-state index in [0.29, 0.717) is 16.3 Å². The van der Waals surface area contributed by atoms with E-state index in [0.717, 1.165) is 12.2 Å². The highest BCUT2D eigenvalue weighted by Crippen LogP contribution is 2.30. The molecule has 0 bridgehead atoms. The molecule has 5 heteroatoms. The van der Waals surface area contributed by atoms with Crippen molar-refractivity contribution in [1.82, 2.24) is 5.32 Å².